The van der Waals surface area contributed by atoms with Crippen LogP contribution in [0.3, 0.4) is 0 Å². The van der Waals surface area contributed by atoms with E-state index in [1.807, 2.05) is 0 Å². The van der Waals surface area contributed by atoms with Gasteiger partial charge in [-0.25, -0.2) is 8.42 Å². The zero-order chi connectivity index (χ0) is 15.6. The van der Waals surface area contributed by atoms with Gasteiger partial charge in [0.25, 0.3) is 0 Å². The average molecular weight is 329 g/mol. The Kier molecular flexibility index (Phi) is 5.10. The summed E-state index contributed by atoms with van der Waals surface area (Å²) >= 11 is 5.78. The molecule has 0 aliphatic heterocycles. The van der Waals surface area contributed by atoms with E-state index in [0.717, 1.165) is 24.8 Å². The van der Waals surface area contributed by atoms with Crippen LogP contribution in [0.5, 0.6) is 0 Å². The molecule has 1 aromatic carbocycles. The fraction of sp³-hybridized carbons (Fsp3) is 0.562. The van der Waals surface area contributed by atoms with E-state index < -0.39 is 9.84 Å². The summed E-state index contributed by atoms with van der Waals surface area (Å²) in [6, 6.07) is 5.10. The minimum atomic E-state index is -3.24. The summed E-state index contributed by atoms with van der Waals surface area (Å²) in [7, 11) is -3.24. The molecule has 0 saturated heterocycles. The monoisotopic (exact) mass is 328 g/mol. The van der Waals surface area contributed by atoms with Gasteiger partial charge in [-0.1, -0.05) is 37.8 Å². The Morgan fingerprint density at radius 3 is 2.43 bits per heavy atom. The summed E-state index contributed by atoms with van der Waals surface area (Å²) in [5.41, 5.74) is 1.50. The lowest BCUT2D eigenvalue weighted by Crippen LogP contribution is -2.12. The first kappa shape index (κ1) is 16.5. The largest absolute Gasteiger partial charge is 0.281 e. The molecule has 1 saturated carbocycles. The van der Waals surface area contributed by atoms with Crippen molar-refractivity contribution in [1.29, 1.82) is 0 Å². The van der Waals surface area contributed by atoms with E-state index in [4.69, 9.17) is 11.6 Å². The van der Waals surface area contributed by atoms with Crippen LogP contribution in [-0.2, 0) is 14.6 Å². The smallest absolute Gasteiger partial charge is 0.229 e. The Morgan fingerprint density at radius 2 is 1.95 bits per heavy atom. The molecule has 0 radical (unpaired) electrons. The summed E-state index contributed by atoms with van der Waals surface area (Å²) in [5.74, 6) is 0.217. The third kappa shape index (κ3) is 4.07. The number of aryl methyl sites for hydroxylation is 1. The van der Waals surface area contributed by atoms with Gasteiger partial charge in [0.15, 0.2) is 9.84 Å². The Morgan fingerprint density at radius 1 is 1.33 bits per heavy atom. The first-order valence-electron chi connectivity index (χ1n) is 7.29. The summed E-state index contributed by atoms with van der Waals surface area (Å²) in [4.78, 5) is 12.1. The maximum absolute atomic E-state index is 11.8. The zero-order valence-electron chi connectivity index (χ0n) is 12.4. The average Bonchev–Trinajstić information content (AvgIpc) is 2.86. The molecule has 3 nitrogen and oxygen atoms in total. The molecular weight excluding hydrogens is 308 g/mol. The fourth-order valence-corrected chi connectivity index (χ4v) is 4.42. The minimum Gasteiger partial charge on any atom is -0.281 e. The molecule has 5 heteroatoms. The first-order valence-corrected chi connectivity index (χ1v) is 9.56. The molecule has 0 N–H and O–H groups in total. The van der Waals surface area contributed by atoms with Gasteiger partial charge in [-0.3, -0.25) is 4.79 Å². The first-order chi connectivity index (χ1) is 9.79. The molecular formula is C16H21ClO3S. The van der Waals surface area contributed by atoms with Crippen LogP contribution in [-0.4, -0.2) is 19.9 Å². The maximum Gasteiger partial charge on any atom is 0.229 e. The van der Waals surface area contributed by atoms with Gasteiger partial charge in [0.1, 0.15) is 0 Å². The SMILES string of the molecule is Cc1cc([C@@H](CC2CCCC2)C(=O)Cl)ccc1S(C)(=O)=O. The van der Waals surface area contributed by atoms with Crippen LogP contribution < -0.4 is 0 Å². The fourth-order valence-electron chi connectivity index (χ4n) is 3.24. The van der Waals surface area contributed by atoms with E-state index in [9.17, 15) is 13.2 Å². The van der Waals surface area contributed by atoms with Crippen molar-refractivity contribution in [2.75, 3.05) is 6.26 Å². The van der Waals surface area contributed by atoms with Gasteiger partial charge >= 0.3 is 0 Å². The second-order valence-corrected chi connectivity index (χ2v) is 8.40. The van der Waals surface area contributed by atoms with Crippen molar-refractivity contribution in [3.8, 4) is 0 Å². The number of hydrogen-bond donors (Lipinski definition) is 0. The molecule has 0 amide bonds. The van der Waals surface area contributed by atoms with E-state index >= 15 is 0 Å². The topological polar surface area (TPSA) is 51.2 Å². The highest BCUT2D eigenvalue weighted by molar-refractivity contribution is 7.90. The van der Waals surface area contributed by atoms with Gasteiger partial charge < -0.3 is 0 Å². The van der Waals surface area contributed by atoms with Gasteiger partial charge in [0.05, 0.1) is 10.8 Å². The highest BCUT2D eigenvalue weighted by atomic mass is 35.5. The van der Waals surface area contributed by atoms with Crippen molar-refractivity contribution in [2.24, 2.45) is 5.92 Å². The third-order valence-corrected chi connectivity index (χ3v) is 5.84. The standard InChI is InChI=1S/C16H21ClO3S/c1-11-9-13(7-8-15(11)21(2,19)20)14(16(17)18)10-12-5-3-4-6-12/h7-9,12,14H,3-6,10H2,1-2H3/t14-/m1/s1. The number of carbonyl (C=O) groups excluding carboxylic acids is 1. The number of rotatable bonds is 5. The van der Waals surface area contributed by atoms with Crippen LogP contribution in [0.2, 0.25) is 0 Å². The van der Waals surface area contributed by atoms with Crippen LogP contribution in [0.15, 0.2) is 23.1 Å². The van der Waals surface area contributed by atoms with E-state index in [1.165, 1.54) is 19.1 Å². The van der Waals surface area contributed by atoms with Gasteiger partial charge in [-0.05, 0) is 48.1 Å². The molecule has 1 aromatic rings. The summed E-state index contributed by atoms with van der Waals surface area (Å²) < 4.78 is 23.3. The number of carbonyl (C=O) groups is 1. The van der Waals surface area contributed by atoms with E-state index in [0.29, 0.717) is 16.4 Å². The third-order valence-electron chi connectivity index (χ3n) is 4.32. The second-order valence-electron chi connectivity index (χ2n) is 6.04. The highest BCUT2D eigenvalue weighted by Crippen LogP contribution is 2.36. The Balaban J connectivity index is 2.28. The molecule has 2 rings (SSSR count). The summed E-state index contributed by atoms with van der Waals surface area (Å²) in [6.07, 6.45) is 6.71. The van der Waals surface area contributed by atoms with Crippen LogP contribution in [0, 0.1) is 12.8 Å². The zero-order valence-corrected chi connectivity index (χ0v) is 14.0. The van der Waals surface area contributed by atoms with Crippen molar-refractivity contribution in [3.63, 3.8) is 0 Å². The van der Waals surface area contributed by atoms with Gasteiger partial charge in [-0.15, -0.1) is 0 Å². The maximum atomic E-state index is 11.8. The van der Waals surface area contributed by atoms with E-state index in [-0.39, 0.29) is 11.2 Å². The molecule has 21 heavy (non-hydrogen) atoms. The lowest BCUT2D eigenvalue weighted by Gasteiger charge is -2.18. The molecule has 0 bridgehead atoms. The van der Waals surface area contributed by atoms with Gasteiger partial charge in [0, 0.05) is 6.26 Å². The number of benzene rings is 1. The molecule has 1 aliphatic rings. The van der Waals surface area contributed by atoms with Crippen LogP contribution >= 0.6 is 11.6 Å². The number of hydrogen-bond acceptors (Lipinski definition) is 3. The van der Waals surface area contributed by atoms with Crippen LogP contribution in [0.1, 0.15) is 49.1 Å². The normalized spacial score (nSPS) is 17.9. The van der Waals surface area contributed by atoms with Crippen LogP contribution in [0.25, 0.3) is 0 Å². The molecule has 0 spiro atoms. The predicted octanol–water partition coefficient (Wildman–Crippen LogP) is 3.83. The lowest BCUT2D eigenvalue weighted by molar-refractivity contribution is -0.113. The summed E-state index contributed by atoms with van der Waals surface area (Å²) in [6.45, 7) is 1.76. The predicted molar refractivity (Wildman–Crippen MR) is 84.5 cm³/mol. The molecule has 0 aromatic heterocycles. The number of halogens is 1. The van der Waals surface area contributed by atoms with Crippen molar-refractivity contribution in [2.45, 2.75) is 49.8 Å². The Labute approximate surface area is 131 Å². The van der Waals surface area contributed by atoms with E-state index in [2.05, 4.69) is 0 Å². The molecule has 0 unspecified atom stereocenters. The highest BCUT2D eigenvalue weighted by Gasteiger charge is 2.26. The van der Waals surface area contributed by atoms with Gasteiger partial charge in [0.2, 0.25) is 5.24 Å². The quantitative estimate of drug-likeness (QED) is 0.772. The molecule has 116 valence electrons. The minimum absolute atomic E-state index is 0.313. The number of sulfone groups is 1. The molecule has 1 fully saturated rings. The summed E-state index contributed by atoms with van der Waals surface area (Å²) in [5, 5.41) is -0.353. The van der Waals surface area contributed by atoms with Crippen molar-refractivity contribution >= 4 is 26.7 Å². The van der Waals surface area contributed by atoms with Crippen LogP contribution in [0.4, 0.5) is 0 Å². The van der Waals surface area contributed by atoms with Crippen molar-refractivity contribution in [3.05, 3.63) is 29.3 Å². The van der Waals surface area contributed by atoms with Gasteiger partial charge in [-0.2, -0.15) is 0 Å². The van der Waals surface area contributed by atoms with Crippen molar-refractivity contribution in [1.82, 2.24) is 0 Å². The van der Waals surface area contributed by atoms with E-state index in [1.54, 1.807) is 25.1 Å². The van der Waals surface area contributed by atoms with Crippen molar-refractivity contribution < 1.29 is 13.2 Å². The molecule has 1 atom stereocenters. The second kappa shape index (κ2) is 6.49. The molecule has 0 heterocycles. The lowest BCUT2D eigenvalue weighted by atomic mass is 9.88. The molecule has 1 aliphatic carbocycles. The Hall–Kier alpha value is -0.870. The Bertz CT molecular complexity index is 631.